The van der Waals surface area contributed by atoms with E-state index in [1.807, 2.05) is 12.1 Å². The van der Waals surface area contributed by atoms with Crippen LogP contribution >= 0.6 is 0 Å². The average Bonchev–Trinajstić information content (AvgIpc) is 3.93. The largest absolute Gasteiger partial charge is 0.456 e. The van der Waals surface area contributed by atoms with Gasteiger partial charge in [0.15, 0.2) is 0 Å². The highest BCUT2D eigenvalue weighted by atomic mass is 16.3. The molecule has 0 atom stereocenters. The van der Waals surface area contributed by atoms with Crippen molar-refractivity contribution in [2.24, 2.45) is 0 Å². The molecule has 0 aliphatic heterocycles. The number of rotatable bonds is 8. The zero-order chi connectivity index (χ0) is 44.3. The fraction of sp³-hybridized carbons (Fsp3) is 0.0154. The van der Waals surface area contributed by atoms with Crippen molar-refractivity contribution in [2.75, 3.05) is 4.90 Å². The Bertz CT molecular complexity index is 3750. The molecule has 67 heavy (non-hydrogen) atoms. The van der Waals surface area contributed by atoms with Crippen molar-refractivity contribution in [3.8, 4) is 44.5 Å². The summed E-state index contributed by atoms with van der Waals surface area (Å²) < 4.78 is 6.25. The lowest BCUT2D eigenvalue weighted by atomic mass is 9.68. The molecular formula is C65H43NO. The third kappa shape index (κ3) is 6.33. The summed E-state index contributed by atoms with van der Waals surface area (Å²) in [4.78, 5) is 2.46. The number of hydrogen-bond donors (Lipinski definition) is 0. The van der Waals surface area contributed by atoms with E-state index in [4.69, 9.17) is 4.42 Å². The van der Waals surface area contributed by atoms with Crippen molar-refractivity contribution < 1.29 is 4.42 Å². The maximum atomic E-state index is 6.25. The van der Waals surface area contributed by atoms with Crippen molar-refractivity contribution in [2.45, 2.75) is 5.41 Å². The highest BCUT2D eigenvalue weighted by Crippen LogP contribution is 2.59. The number of hydrogen-bond acceptors (Lipinski definition) is 2. The van der Waals surface area contributed by atoms with E-state index in [2.05, 4.69) is 254 Å². The Morgan fingerprint density at radius 1 is 0.313 bits per heavy atom. The zero-order valence-corrected chi connectivity index (χ0v) is 36.7. The van der Waals surface area contributed by atoms with Gasteiger partial charge in [0.2, 0.25) is 0 Å². The fourth-order valence-electron chi connectivity index (χ4n) is 10.8. The molecule has 13 rings (SSSR count). The maximum absolute atomic E-state index is 6.25. The van der Waals surface area contributed by atoms with Gasteiger partial charge in [-0.3, -0.25) is 0 Å². The van der Waals surface area contributed by atoms with E-state index >= 15 is 0 Å². The standard InChI is InChI=1S/C65H43NO/c1-3-18-52(19-4-1)65(53-20-5-2-6-21-53)59-25-11-9-24-57(59)64-60(65)26-14-27-61(64)66(55-22-13-17-49(42-55)51-37-40-63-58(43-51)56-23-10-12-28-62(56)67-63)54-38-35-46(36-39-54)45-29-31-47(32-30-45)50-34-33-44-15-7-8-16-48(44)41-50/h1-43H. The summed E-state index contributed by atoms with van der Waals surface area (Å²) in [6, 6.07) is 95.2. The molecule has 11 aromatic carbocycles. The van der Waals surface area contributed by atoms with Gasteiger partial charge in [0.25, 0.3) is 0 Å². The third-order valence-electron chi connectivity index (χ3n) is 13.9. The monoisotopic (exact) mass is 853 g/mol. The Labute approximate surface area is 390 Å². The second-order valence-corrected chi connectivity index (χ2v) is 17.6. The minimum atomic E-state index is -0.524. The Balaban J connectivity index is 0.974. The SMILES string of the molecule is c1ccc(C2(c3ccccc3)c3ccccc3-c3c(N(c4ccc(-c5ccc(-c6ccc7ccccc7c6)cc5)cc4)c4cccc(-c5ccc6oc7ccccc7c6c5)c4)cccc32)cc1. The van der Waals surface area contributed by atoms with Crippen molar-refractivity contribution in [1.82, 2.24) is 0 Å². The van der Waals surface area contributed by atoms with Gasteiger partial charge < -0.3 is 9.32 Å². The highest BCUT2D eigenvalue weighted by molar-refractivity contribution is 6.06. The minimum Gasteiger partial charge on any atom is -0.456 e. The van der Waals surface area contributed by atoms with Gasteiger partial charge in [0.1, 0.15) is 11.2 Å². The molecule has 1 aliphatic carbocycles. The van der Waals surface area contributed by atoms with Gasteiger partial charge in [-0.05, 0) is 127 Å². The molecule has 0 spiro atoms. The summed E-state index contributed by atoms with van der Waals surface area (Å²) >= 11 is 0. The van der Waals surface area contributed by atoms with Crippen LogP contribution < -0.4 is 4.90 Å². The summed E-state index contributed by atoms with van der Waals surface area (Å²) in [5.41, 5.74) is 19.1. The van der Waals surface area contributed by atoms with Crippen LogP contribution in [0.25, 0.3) is 77.2 Å². The number of benzene rings is 11. The molecule has 1 heterocycles. The Kier molecular flexibility index (Phi) is 9.11. The first-order chi connectivity index (χ1) is 33.2. The lowest BCUT2D eigenvalue weighted by Gasteiger charge is -2.34. The summed E-state index contributed by atoms with van der Waals surface area (Å²) in [5.74, 6) is 0. The zero-order valence-electron chi connectivity index (χ0n) is 36.7. The van der Waals surface area contributed by atoms with Gasteiger partial charge in [-0.2, -0.15) is 0 Å². The normalized spacial score (nSPS) is 12.6. The van der Waals surface area contributed by atoms with Gasteiger partial charge in [-0.1, -0.05) is 206 Å². The molecule has 0 fully saturated rings. The topological polar surface area (TPSA) is 16.4 Å². The molecule has 0 N–H and O–H groups in total. The maximum Gasteiger partial charge on any atom is 0.135 e. The van der Waals surface area contributed by atoms with Gasteiger partial charge in [0, 0.05) is 27.7 Å². The molecule has 0 saturated heterocycles. The van der Waals surface area contributed by atoms with Crippen molar-refractivity contribution in [3.05, 3.63) is 283 Å². The smallest absolute Gasteiger partial charge is 0.135 e. The van der Waals surface area contributed by atoms with Crippen molar-refractivity contribution in [1.29, 1.82) is 0 Å². The molecule has 2 heteroatoms. The molecule has 1 aliphatic rings. The lowest BCUT2D eigenvalue weighted by molar-refractivity contribution is 0.669. The van der Waals surface area contributed by atoms with Crippen LogP contribution in [-0.2, 0) is 5.41 Å². The first kappa shape index (κ1) is 38.7. The third-order valence-corrected chi connectivity index (χ3v) is 13.9. The first-order valence-corrected chi connectivity index (χ1v) is 23.1. The van der Waals surface area contributed by atoms with Crippen LogP contribution in [0.1, 0.15) is 22.3 Å². The van der Waals surface area contributed by atoms with E-state index in [-0.39, 0.29) is 0 Å². The number of anilines is 3. The molecular weight excluding hydrogens is 811 g/mol. The van der Waals surface area contributed by atoms with Crippen LogP contribution in [0.4, 0.5) is 17.1 Å². The minimum absolute atomic E-state index is 0.524. The van der Waals surface area contributed by atoms with Crippen LogP contribution in [0, 0.1) is 0 Å². The van der Waals surface area contributed by atoms with Crippen LogP contribution in [-0.4, -0.2) is 0 Å². The van der Waals surface area contributed by atoms with E-state index in [0.717, 1.165) is 50.1 Å². The first-order valence-electron chi connectivity index (χ1n) is 23.1. The summed E-state index contributed by atoms with van der Waals surface area (Å²) in [6.07, 6.45) is 0. The molecule has 12 aromatic rings. The molecule has 0 bridgehead atoms. The number of fused-ring (bicyclic) bond motifs is 7. The molecule has 1 aromatic heterocycles. The van der Waals surface area contributed by atoms with Crippen molar-refractivity contribution >= 4 is 49.8 Å². The summed E-state index contributed by atoms with van der Waals surface area (Å²) in [6.45, 7) is 0. The van der Waals surface area contributed by atoms with Gasteiger partial charge in [-0.25, -0.2) is 0 Å². The van der Waals surface area contributed by atoms with Gasteiger partial charge in [-0.15, -0.1) is 0 Å². The summed E-state index contributed by atoms with van der Waals surface area (Å²) in [7, 11) is 0. The second kappa shape index (κ2) is 15.8. The molecule has 0 amide bonds. The van der Waals surface area contributed by atoms with E-state index in [9.17, 15) is 0 Å². The van der Waals surface area contributed by atoms with E-state index in [1.54, 1.807) is 0 Å². The molecule has 314 valence electrons. The number of furan rings is 1. The Morgan fingerprint density at radius 3 is 1.64 bits per heavy atom. The van der Waals surface area contributed by atoms with Crippen LogP contribution in [0.5, 0.6) is 0 Å². The van der Waals surface area contributed by atoms with Crippen molar-refractivity contribution in [3.63, 3.8) is 0 Å². The van der Waals surface area contributed by atoms with Crippen LogP contribution in [0.15, 0.2) is 265 Å². The Hall–Kier alpha value is -8.72. The number of para-hydroxylation sites is 1. The molecule has 2 nitrogen and oxygen atoms in total. The van der Waals surface area contributed by atoms with Gasteiger partial charge in [0.05, 0.1) is 11.1 Å². The quantitative estimate of drug-likeness (QED) is 0.151. The van der Waals surface area contributed by atoms with Crippen LogP contribution in [0.2, 0.25) is 0 Å². The highest BCUT2D eigenvalue weighted by Gasteiger charge is 2.47. The molecule has 0 radical (unpaired) electrons. The lowest BCUT2D eigenvalue weighted by Crippen LogP contribution is -2.28. The Morgan fingerprint density at radius 2 is 0.866 bits per heavy atom. The predicted molar refractivity (Wildman–Crippen MR) is 280 cm³/mol. The van der Waals surface area contributed by atoms with E-state index in [1.165, 1.54) is 66.4 Å². The average molecular weight is 854 g/mol. The van der Waals surface area contributed by atoms with Crippen LogP contribution in [0.3, 0.4) is 0 Å². The second-order valence-electron chi connectivity index (χ2n) is 17.6. The van der Waals surface area contributed by atoms with Gasteiger partial charge >= 0.3 is 0 Å². The van der Waals surface area contributed by atoms with E-state index < -0.39 is 5.41 Å². The number of nitrogens with zero attached hydrogens (tertiary/aromatic N) is 1. The predicted octanol–water partition coefficient (Wildman–Crippen LogP) is 17.6. The molecule has 0 unspecified atom stereocenters. The summed E-state index contributed by atoms with van der Waals surface area (Å²) in [5, 5.41) is 4.75. The fourth-order valence-corrected chi connectivity index (χ4v) is 10.8. The molecule has 0 saturated carbocycles. The van der Waals surface area contributed by atoms with E-state index in [0.29, 0.717) is 0 Å².